The summed E-state index contributed by atoms with van der Waals surface area (Å²) in [6.07, 6.45) is 9.17. The number of rotatable bonds is 3. The first kappa shape index (κ1) is 11.6. The second kappa shape index (κ2) is 6.90. The molecule has 0 aliphatic heterocycles. The molecule has 1 aliphatic rings. The van der Waals surface area contributed by atoms with Gasteiger partial charge in [0.15, 0.2) is 0 Å². The van der Waals surface area contributed by atoms with Crippen LogP contribution in [0.5, 0.6) is 0 Å². The molecule has 0 aromatic heterocycles. The number of unbranched alkanes of at least 4 members (excludes halogenated alkanes) is 2. The molecule has 0 unspecified atom stereocenters. The van der Waals surface area contributed by atoms with Gasteiger partial charge in [0, 0.05) is 6.42 Å². The molecule has 1 heteroatoms. The van der Waals surface area contributed by atoms with E-state index in [1.54, 1.807) is 0 Å². The van der Waals surface area contributed by atoms with Crippen molar-refractivity contribution in [1.82, 2.24) is 0 Å². The SMILES string of the molecule is CCCCC#C[C@@H](O)C1CCCCC1. The zero-order chi connectivity index (χ0) is 10.2. The lowest BCUT2D eigenvalue weighted by molar-refractivity contribution is 0.133. The summed E-state index contributed by atoms with van der Waals surface area (Å²) in [5.41, 5.74) is 0. The Balaban J connectivity index is 2.23. The first-order chi connectivity index (χ1) is 6.84. The maximum atomic E-state index is 9.80. The Labute approximate surface area is 87.9 Å². The summed E-state index contributed by atoms with van der Waals surface area (Å²) in [4.78, 5) is 0. The molecule has 0 radical (unpaired) electrons. The molecule has 0 spiro atoms. The Morgan fingerprint density at radius 3 is 2.64 bits per heavy atom. The summed E-state index contributed by atoms with van der Waals surface area (Å²) in [6.45, 7) is 2.17. The molecular formula is C13H22O. The number of aliphatic hydroxyl groups excluding tert-OH is 1. The van der Waals surface area contributed by atoms with E-state index in [-0.39, 0.29) is 6.10 Å². The first-order valence-corrected chi connectivity index (χ1v) is 6.01. The van der Waals surface area contributed by atoms with Crippen molar-refractivity contribution >= 4 is 0 Å². The highest BCUT2D eigenvalue weighted by molar-refractivity contribution is 5.06. The lowest BCUT2D eigenvalue weighted by atomic mass is 9.85. The molecule has 1 saturated carbocycles. The largest absolute Gasteiger partial charge is 0.380 e. The van der Waals surface area contributed by atoms with Gasteiger partial charge >= 0.3 is 0 Å². The highest BCUT2D eigenvalue weighted by Gasteiger charge is 2.19. The minimum absolute atomic E-state index is 0.354. The fourth-order valence-electron chi connectivity index (χ4n) is 2.01. The minimum atomic E-state index is -0.354. The number of aliphatic hydroxyl groups is 1. The van der Waals surface area contributed by atoms with Gasteiger partial charge in [0.1, 0.15) is 6.10 Å². The van der Waals surface area contributed by atoms with Crippen molar-refractivity contribution < 1.29 is 5.11 Å². The van der Waals surface area contributed by atoms with E-state index in [2.05, 4.69) is 18.8 Å². The van der Waals surface area contributed by atoms with Gasteiger partial charge in [0.2, 0.25) is 0 Å². The molecule has 0 aromatic carbocycles. The van der Waals surface area contributed by atoms with Gasteiger partial charge < -0.3 is 5.11 Å². The van der Waals surface area contributed by atoms with E-state index < -0.39 is 0 Å². The molecule has 0 bridgehead atoms. The van der Waals surface area contributed by atoms with Gasteiger partial charge in [0.25, 0.3) is 0 Å². The van der Waals surface area contributed by atoms with Gasteiger partial charge in [-0.1, -0.05) is 38.5 Å². The van der Waals surface area contributed by atoms with Crippen LogP contribution in [0.4, 0.5) is 0 Å². The molecule has 1 nitrogen and oxygen atoms in total. The average Bonchev–Trinajstić information content (AvgIpc) is 2.25. The smallest absolute Gasteiger partial charge is 0.117 e. The predicted molar refractivity (Wildman–Crippen MR) is 59.9 cm³/mol. The zero-order valence-electron chi connectivity index (χ0n) is 9.26. The summed E-state index contributed by atoms with van der Waals surface area (Å²) in [6, 6.07) is 0. The second-order valence-electron chi connectivity index (χ2n) is 4.27. The monoisotopic (exact) mass is 194 g/mol. The van der Waals surface area contributed by atoms with E-state index in [1.165, 1.54) is 38.5 Å². The van der Waals surface area contributed by atoms with Gasteiger partial charge in [-0.05, 0) is 25.2 Å². The molecule has 0 heterocycles. The summed E-state index contributed by atoms with van der Waals surface area (Å²) < 4.78 is 0. The molecule has 0 aromatic rings. The molecule has 1 N–H and O–H groups in total. The van der Waals surface area contributed by atoms with E-state index in [9.17, 15) is 5.11 Å². The van der Waals surface area contributed by atoms with Crippen LogP contribution >= 0.6 is 0 Å². The van der Waals surface area contributed by atoms with Crippen molar-refractivity contribution in [2.75, 3.05) is 0 Å². The Kier molecular flexibility index (Phi) is 5.71. The molecule has 1 fully saturated rings. The average molecular weight is 194 g/mol. The fraction of sp³-hybridized carbons (Fsp3) is 0.846. The third-order valence-corrected chi connectivity index (χ3v) is 3.00. The van der Waals surface area contributed by atoms with Gasteiger partial charge in [-0.2, -0.15) is 0 Å². The van der Waals surface area contributed by atoms with E-state index in [0.29, 0.717) is 5.92 Å². The van der Waals surface area contributed by atoms with Crippen LogP contribution in [0, 0.1) is 17.8 Å². The first-order valence-electron chi connectivity index (χ1n) is 6.01. The Morgan fingerprint density at radius 2 is 2.00 bits per heavy atom. The van der Waals surface area contributed by atoms with Gasteiger partial charge in [-0.25, -0.2) is 0 Å². The van der Waals surface area contributed by atoms with Crippen LogP contribution in [0.25, 0.3) is 0 Å². The maximum absolute atomic E-state index is 9.80. The molecule has 0 amide bonds. The van der Waals surface area contributed by atoms with E-state index in [0.717, 1.165) is 12.8 Å². The molecule has 80 valence electrons. The van der Waals surface area contributed by atoms with Crippen LogP contribution in [0.1, 0.15) is 58.3 Å². The van der Waals surface area contributed by atoms with Gasteiger partial charge in [0.05, 0.1) is 0 Å². The van der Waals surface area contributed by atoms with Crippen molar-refractivity contribution in [1.29, 1.82) is 0 Å². The van der Waals surface area contributed by atoms with Crippen molar-refractivity contribution in [3.05, 3.63) is 0 Å². The second-order valence-corrected chi connectivity index (χ2v) is 4.27. The summed E-state index contributed by atoms with van der Waals surface area (Å²) in [5.74, 6) is 6.53. The Morgan fingerprint density at radius 1 is 1.29 bits per heavy atom. The van der Waals surface area contributed by atoms with Crippen LogP contribution in [0.15, 0.2) is 0 Å². The highest BCUT2D eigenvalue weighted by atomic mass is 16.3. The highest BCUT2D eigenvalue weighted by Crippen LogP contribution is 2.26. The third-order valence-electron chi connectivity index (χ3n) is 3.00. The topological polar surface area (TPSA) is 20.2 Å². The van der Waals surface area contributed by atoms with E-state index in [1.807, 2.05) is 0 Å². The van der Waals surface area contributed by atoms with Crippen molar-refractivity contribution in [2.24, 2.45) is 5.92 Å². The van der Waals surface area contributed by atoms with Crippen molar-refractivity contribution in [2.45, 2.75) is 64.4 Å². The van der Waals surface area contributed by atoms with Crippen LogP contribution in [0.2, 0.25) is 0 Å². The van der Waals surface area contributed by atoms with E-state index >= 15 is 0 Å². The normalized spacial score (nSPS) is 19.9. The van der Waals surface area contributed by atoms with Crippen LogP contribution in [0.3, 0.4) is 0 Å². The van der Waals surface area contributed by atoms with E-state index in [4.69, 9.17) is 0 Å². The lowest BCUT2D eigenvalue weighted by Crippen LogP contribution is -2.21. The quantitative estimate of drug-likeness (QED) is 0.540. The standard InChI is InChI=1S/C13H22O/c1-2-3-4-8-11-13(14)12-9-6-5-7-10-12/h12-14H,2-7,9-10H2,1H3/t13-/m1/s1. The molecule has 1 rings (SSSR count). The van der Waals surface area contributed by atoms with Crippen LogP contribution in [-0.4, -0.2) is 11.2 Å². The Bertz CT molecular complexity index is 193. The summed E-state index contributed by atoms with van der Waals surface area (Å²) in [5, 5.41) is 9.80. The van der Waals surface area contributed by atoms with Crippen LogP contribution < -0.4 is 0 Å². The zero-order valence-corrected chi connectivity index (χ0v) is 9.26. The maximum Gasteiger partial charge on any atom is 0.117 e. The minimum Gasteiger partial charge on any atom is -0.380 e. The predicted octanol–water partition coefficient (Wildman–Crippen LogP) is 3.12. The van der Waals surface area contributed by atoms with Crippen molar-refractivity contribution in [3.63, 3.8) is 0 Å². The lowest BCUT2D eigenvalue weighted by Gasteiger charge is -2.23. The van der Waals surface area contributed by atoms with Crippen molar-refractivity contribution in [3.8, 4) is 11.8 Å². The number of hydrogen-bond acceptors (Lipinski definition) is 1. The summed E-state index contributed by atoms with van der Waals surface area (Å²) in [7, 11) is 0. The molecule has 0 saturated heterocycles. The molecule has 1 aliphatic carbocycles. The Hall–Kier alpha value is -0.480. The van der Waals surface area contributed by atoms with Crippen LogP contribution in [-0.2, 0) is 0 Å². The molecule has 14 heavy (non-hydrogen) atoms. The van der Waals surface area contributed by atoms with Gasteiger partial charge in [-0.15, -0.1) is 5.92 Å². The number of hydrogen-bond donors (Lipinski definition) is 1. The molecule has 1 atom stereocenters. The molecular weight excluding hydrogens is 172 g/mol. The van der Waals surface area contributed by atoms with Gasteiger partial charge in [-0.3, -0.25) is 0 Å². The summed E-state index contributed by atoms with van der Waals surface area (Å²) >= 11 is 0. The fourth-order valence-corrected chi connectivity index (χ4v) is 2.01. The third kappa shape index (κ3) is 4.15.